The molecule has 10 nitrogen and oxygen atoms in total. The van der Waals surface area contributed by atoms with Crippen LogP contribution >= 0.6 is 0 Å². The Bertz CT molecular complexity index is 1650. The van der Waals surface area contributed by atoms with Gasteiger partial charge in [-0.15, -0.1) is 5.06 Å². The number of benzene rings is 2. The zero-order valence-corrected chi connectivity index (χ0v) is 22.0. The zero-order chi connectivity index (χ0) is 30.0. The monoisotopic (exact) mass is 581 g/mol. The standard InChI is InChI=1S/C28H23F4N7O3/c1-3-24(40)39(42-26(41)28(30,31)32)20-10-11-22(29)23(12-20)36-25-21(18-8-6-17(7-9-18)16-4-5-16)14-33-27(37-25)35-19-13-34-38(2)15-19/h3,6-16H,1,4-5H2,2H3,(H2,33,35,36,37). The van der Waals surface area contributed by atoms with Crippen molar-refractivity contribution in [3.05, 3.63) is 85.1 Å². The number of halogens is 4. The molecule has 0 spiro atoms. The van der Waals surface area contributed by atoms with Gasteiger partial charge in [0.1, 0.15) is 11.6 Å². The van der Waals surface area contributed by atoms with Crippen molar-refractivity contribution in [2.75, 3.05) is 15.7 Å². The van der Waals surface area contributed by atoms with Crippen LogP contribution < -0.4 is 15.7 Å². The van der Waals surface area contributed by atoms with Crippen molar-refractivity contribution in [3.8, 4) is 11.1 Å². The minimum Gasteiger partial charge on any atom is -0.337 e. The molecule has 0 bridgehead atoms. The Morgan fingerprint density at radius 1 is 1.12 bits per heavy atom. The van der Waals surface area contributed by atoms with Crippen molar-refractivity contribution in [3.63, 3.8) is 0 Å². The fourth-order valence-electron chi connectivity index (χ4n) is 4.02. The Labute approximate surface area is 236 Å². The number of nitrogens with one attached hydrogen (secondary N) is 2. The lowest BCUT2D eigenvalue weighted by atomic mass is 10.0. The van der Waals surface area contributed by atoms with Crippen molar-refractivity contribution in [1.29, 1.82) is 0 Å². The quantitative estimate of drug-likeness (QED) is 0.150. The maximum absolute atomic E-state index is 15.0. The van der Waals surface area contributed by atoms with Gasteiger partial charge in [0, 0.05) is 25.0 Å². The Balaban J connectivity index is 1.52. The molecule has 2 heterocycles. The number of hydroxylamine groups is 1. The van der Waals surface area contributed by atoms with Crippen LogP contribution in [0, 0.1) is 5.82 Å². The van der Waals surface area contributed by atoms with E-state index >= 15 is 4.39 Å². The van der Waals surface area contributed by atoms with Crippen molar-refractivity contribution < 1.29 is 32.0 Å². The molecule has 4 aromatic rings. The zero-order valence-electron chi connectivity index (χ0n) is 22.0. The summed E-state index contributed by atoms with van der Waals surface area (Å²) in [4.78, 5) is 36.9. The third kappa shape index (κ3) is 6.37. The summed E-state index contributed by atoms with van der Waals surface area (Å²) < 4.78 is 55.2. The normalized spacial score (nSPS) is 12.9. The van der Waals surface area contributed by atoms with Crippen LogP contribution in [0.25, 0.3) is 11.1 Å². The van der Waals surface area contributed by atoms with E-state index in [2.05, 4.69) is 37.1 Å². The fraction of sp³-hybridized carbons (Fsp3) is 0.179. The summed E-state index contributed by atoms with van der Waals surface area (Å²) in [5.74, 6) is -3.85. The highest BCUT2D eigenvalue weighted by Gasteiger charge is 2.43. The summed E-state index contributed by atoms with van der Waals surface area (Å²) in [6, 6.07) is 10.6. The molecule has 42 heavy (non-hydrogen) atoms. The summed E-state index contributed by atoms with van der Waals surface area (Å²) >= 11 is 0. The van der Waals surface area contributed by atoms with Crippen LogP contribution in [-0.4, -0.2) is 37.8 Å². The van der Waals surface area contributed by atoms with E-state index in [1.807, 2.05) is 24.3 Å². The topological polar surface area (TPSA) is 114 Å². The Kier molecular flexibility index (Phi) is 7.61. The van der Waals surface area contributed by atoms with Crippen LogP contribution in [-0.2, 0) is 21.5 Å². The number of carbonyl (C=O) groups is 2. The van der Waals surface area contributed by atoms with Crippen LogP contribution in [0.2, 0.25) is 0 Å². The molecule has 0 aliphatic heterocycles. The highest BCUT2D eigenvalue weighted by Crippen LogP contribution is 2.41. The molecule has 0 saturated heterocycles. The van der Waals surface area contributed by atoms with Gasteiger partial charge in [0.05, 0.1) is 23.3 Å². The molecule has 5 rings (SSSR count). The second-order valence-electron chi connectivity index (χ2n) is 9.38. The first-order chi connectivity index (χ1) is 20.0. The molecule has 0 atom stereocenters. The number of alkyl halides is 3. The van der Waals surface area contributed by atoms with Gasteiger partial charge < -0.3 is 15.5 Å². The Morgan fingerprint density at radius 3 is 2.48 bits per heavy atom. The number of nitrogens with zero attached hydrogens (tertiary/aromatic N) is 5. The molecule has 2 aromatic heterocycles. The molecule has 1 fully saturated rings. The van der Waals surface area contributed by atoms with Gasteiger partial charge in [0.25, 0.3) is 5.91 Å². The van der Waals surface area contributed by atoms with E-state index in [9.17, 15) is 22.8 Å². The fourth-order valence-corrected chi connectivity index (χ4v) is 4.02. The first-order valence-electron chi connectivity index (χ1n) is 12.6. The van der Waals surface area contributed by atoms with Crippen molar-refractivity contribution in [2.45, 2.75) is 24.9 Å². The smallest absolute Gasteiger partial charge is 0.337 e. The van der Waals surface area contributed by atoms with Gasteiger partial charge in [0.15, 0.2) is 0 Å². The van der Waals surface area contributed by atoms with Gasteiger partial charge >= 0.3 is 12.1 Å². The number of anilines is 5. The molecule has 2 N–H and O–H groups in total. The van der Waals surface area contributed by atoms with E-state index in [0.717, 1.165) is 31.0 Å². The second-order valence-corrected chi connectivity index (χ2v) is 9.38. The number of aromatic nitrogens is 4. The molecular weight excluding hydrogens is 558 g/mol. The number of hydrogen-bond donors (Lipinski definition) is 2. The van der Waals surface area contributed by atoms with E-state index in [1.54, 1.807) is 24.1 Å². The van der Waals surface area contributed by atoms with Gasteiger partial charge in [-0.05, 0) is 54.2 Å². The van der Waals surface area contributed by atoms with Crippen molar-refractivity contribution in [1.82, 2.24) is 19.7 Å². The van der Waals surface area contributed by atoms with Gasteiger partial charge in [-0.1, -0.05) is 30.8 Å². The Morgan fingerprint density at radius 2 is 1.86 bits per heavy atom. The second kappa shape index (κ2) is 11.3. The average molecular weight is 582 g/mol. The number of hydrogen-bond acceptors (Lipinski definition) is 8. The summed E-state index contributed by atoms with van der Waals surface area (Å²) in [6.07, 6.45) is 2.29. The molecule has 1 saturated carbocycles. The van der Waals surface area contributed by atoms with E-state index in [4.69, 9.17) is 0 Å². The van der Waals surface area contributed by atoms with E-state index < -0.39 is 23.9 Å². The summed E-state index contributed by atoms with van der Waals surface area (Å²) in [5.41, 5.74) is 2.33. The maximum atomic E-state index is 15.0. The molecule has 1 amide bonds. The summed E-state index contributed by atoms with van der Waals surface area (Å²) in [5, 5.41) is 9.99. The predicted octanol–water partition coefficient (Wildman–Crippen LogP) is 5.92. The molecule has 0 radical (unpaired) electrons. The first kappa shape index (κ1) is 28.3. The molecule has 1 aliphatic rings. The molecule has 216 valence electrons. The lowest BCUT2D eigenvalue weighted by Gasteiger charge is -2.21. The summed E-state index contributed by atoms with van der Waals surface area (Å²) in [6.45, 7) is 3.21. The van der Waals surface area contributed by atoms with Gasteiger partial charge in [-0.3, -0.25) is 9.48 Å². The largest absolute Gasteiger partial charge is 0.493 e. The highest BCUT2D eigenvalue weighted by molar-refractivity contribution is 6.01. The molecule has 14 heteroatoms. The summed E-state index contributed by atoms with van der Waals surface area (Å²) in [7, 11) is 1.73. The predicted molar refractivity (Wildman–Crippen MR) is 145 cm³/mol. The lowest BCUT2D eigenvalue weighted by Crippen LogP contribution is -2.38. The molecule has 2 aromatic carbocycles. The van der Waals surface area contributed by atoms with E-state index in [0.29, 0.717) is 28.8 Å². The van der Waals surface area contributed by atoms with Crippen LogP contribution in [0.5, 0.6) is 0 Å². The number of amides is 1. The third-order valence-electron chi connectivity index (χ3n) is 6.24. The SMILES string of the molecule is C=CC(=O)N(OC(=O)C(F)(F)F)c1ccc(F)c(Nc2nc(Nc3cnn(C)c3)ncc2-c2ccc(C3CC3)cc2)c1. The minimum atomic E-state index is -5.39. The first-order valence-corrected chi connectivity index (χ1v) is 12.6. The molecular formula is C28H23F4N7O3. The molecule has 1 aliphatic carbocycles. The maximum Gasteiger partial charge on any atom is 0.493 e. The van der Waals surface area contributed by atoms with Crippen molar-refractivity contribution in [2.24, 2.45) is 7.05 Å². The number of aryl methyl sites for hydroxylation is 1. The Hall–Kier alpha value is -5.27. The van der Waals surface area contributed by atoms with Crippen LogP contribution in [0.1, 0.15) is 24.3 Å². The third-order valence-corrected chi connectivity index (χ3v) is 6.24. The van der Waals surface area contributed by atoms with Gasteiger partial charge in [-0.2, -0.15) is 23.3 Å². The van der Waals surface area contributed by atoms with Crippen LogP contribution in [0.4, 0.5) is 46.4 Å². The number of carbonyl (C=O) groups excluding carboxylic acids is 2. The van der Waals surface area contributed by atoms with Crippen LogP contribution in [0.15, 0.2) is 73.7 Å². The highest BCUT2D eigenvalue weighted by atomic mass is 19.4. The van der Waals surface area contributed by atoms with Gasteiger partial charge in [0.2, 0.25) is 5.95 Å². The molecule has 0 unspecified atom stereocenters. The number of rotatable bonds is 8. The van der Waals surface area contributed by atoms with Crippen LogP contribution in [0.3, 0.4) is 0 Å². The van der Waals surface area contributed by atoms with Gasteiger partial charge in [-0.25, -0.2) is 14.2 Å². The minimum absolute atomic E-state index is 0.0698. The average Bonchev–Trinajstić information content (AvgIpc) is 3.73. The van der Waals surface area contributed by atoms with Crippen molar-refractivity contribution >= 4 is 40.7 Å². The lowest BCUT2D eigenvalue weighted by molar-refractivity contribution is -0.201. The van der Waals surface area contributed by atoms with E-state index in [-0.39, 0.29) is 28.2 Å². The van der Waals surface area contributed by atoms with E-state index in [1.165, 1.54) is 11.8 Å².